The van der Waals surface area contributed by atoms with Crippen LogP contribution in [0.2, 0.25) is 0 Å². The number of benzene rings is 1. The van der Waals surface area contributed by atoms with Crippen LogP contribution in [-0.2, 0) is 9.53 Å². The molecule has 0 radical (unpaired) electrons. The zero-order valence-electron chi connectivity index (χ0n) is 17.4. The molecule has 156 valence electrons. The molecule has 2 aliphatic carbocycles. The molecule has 4 heteroatoms. The third-order valence-corrected chi connectivity index (χ3v) is 6.42. The van der Waals surface area contributed by atoms with Gasteiger partial charge in [0, 0.05) is 20.6 Å². The average molecular weight is 403 g/mol. The molecule has 0 saturated heterocycles. The molecule has 2 aliphatic heterocycles. The maximum atomic E-state index is 12.4. The molecule has 1 amide bonds. The van der Waals surface area contributed by atoms with E-state index in [1.54, 1.807) is 6.92 Å². The van der Waals surface area contributed by atoms with Crippen LogP contribution in [0.15, 0.2) is 88.9 Å². The lowest BCUT2D eigenvalue weighted by Crippen LogP contribution is -2.40. The van der Waals surface area contributed by atoms with Gasteiger partial charge in [0.15, 0.2) is 0 Å². The summed E-state index contributed by atoms with van der Waals surface area (Å²) in [5.74, 6) is 1.08. The zero-order chi connectivity index (χ0) is 20.5. The van der Waals surface area contributed by atoms with Crippen molar-refractivity contribution in [3.63, 3.8) is 0 Å². The Morgan fingerprint density at radius 1 is 1.23 bits per heavy atom. The van der Waals surface area contributed by atoms with Crippen LogP contribution in [0.3, 0.4) is 0 Å². The predicted octanol–water partition coefficient (Wildman–Crippen LogP) is 4.96. The highest BCUT2D eigenvalue weighted by Gasteiger charge is 2.40. The number of amides is 1. The van der Waals surface area contributed by atoms with E-state index in [9.17, 15) is 4.79 Å². The van der Waals surface area contributed by atoms with Crippen LogP contribution in [0.25, 0.3) is 0 Å². The Bertz CT molecular complexity index is 1000. The van der Waals surface area contributed by atoms with Gasteiger partial charge in [-0.05, 0) is 60.1 Å². The first-order valence-electron chi connectivity index (χ1n) is 10.9. The van der Waals surface area contributed by atoms with Gasteiger partial charge in [0.1, 0.15) is 12.4 Å². The number of rotatable bonds is 4. The average Bonchev–Trinajstić information content (AvgIpc) is 3.16. The Balaban J connectivity index is 0.00000231. The summed E-state index contributed by atoms with van der Waals surface area (Å²) < 4.78 is 6.13. The Morgan fingerprint density at radius 3 is 2.87 bits per heavy atom. The molecule has 0 spiro atoms. The molecule has 4 nitrogen and oxygen atoms in total. The molecule has 2 atom stereocenters. The first kappa shape index (κ1) is 19.0. The number of nitrogens with one attached hydrogen (secondary N) is 1. The fourth-order valence-corrected chi connectivity index (χ4v) is 4.94. The second kappa shape index (κ2) is 8.02. The zero-order valence-corrected chi connectivity index (χ0v) is 17.4. The number of carbonyl (C=O) groups excluding carboxylic acids is 1. The quantitative estimate of drug-likeness (QED) is 0.774. The van der Waals surface area contributed by atoms with Crippen molar-refractivity contribution < 1.29 is 11.0 Å². The van der Waals surface area contributed by atoms with Crippen LogP contribution in [0.1, 0.15) is 45.6 Å². The summed E-state index contributed by atoms with van der Waals surface area (Å²) in [5, 5.41) is 3.75. The summed E-state index contributed by atoms with van der Waals surface area (Å²) in [6, 6.07) is 10.6. The lowest BCUT2D eigenvalue weighted by molar-refractivity contribution is -0.131. The van der Waals surface area contributed by atoms with Gasteiger partial charge in [-0.2, -0.15) is 0 Å². The minimum Gasteiger partial charge on any atom is -0.489 e. The van der Waals surface area contributed by atoms with Crippen molar-refractivity contribution in [3.05, 3.63) is 94.5 Å². The van der Waals surface area contributed by atoms with Crippen molar-refractivity contribution in [2.75, 3.05) is 13.2 Å². The molecule has 2 heterocycles. The van der Waals surface area contributed by atoms with E-state index >= 15 is 0 Å². The van der Waals surface area contributed by atoms with E-state index < -0.39 is 0 Å². The van der Waals surface area contributed by atoms with E-state index in [0.717, 1.165) is 43.6 Å². The van der Waals surface area contributed by atoms with Gasteiger partial charge in [-0.3, -0.25) is 4.79 Å². The third kappa shape index (κ3) is 3.51. The van der Waals surface area contributed by atoms with E-state index in [0.29, 0.717) is 6.61 Å². The van der Waals surface area contributed by atoms with Crippen LogP contribution < -0.4 is 5.32 Å². The van der Waals surface area contributed by atoms with Crippen molar-refractivity contribution in [2.24, 2.45) is 0 Å². The molecule has 1 aromatic carbocycles. The topological polar surface area (TPSA) is 41.6 Å². The molecule has 0 bridgehead atoms. The highest BCUT2D eigenvalue weighted by Crippen LogP contribution is 2.44. The number of fused-ring (bicyclic) bond motifs is 2. The molecule has 0 fully saturated rings. The normalized spacial score (nSPS) is 25.0. The minimum absolute atomic E-state index is 0. The summed E-state index contributed by atoms with van der Waals surface area (Å²) in [4.78, 5) is 14.4. The monoisotopic (exact) mass is 402 g/mol. The second-order valence-corrected chi connectivity index (χ2v) is 8.35. The molecular weight excluding hydrogens is 372 g/mol. The van der Waals surface area contributed by atoms with Gasteiger partial charge < -0.3 is 15.0 Å². The van der Waals surface area contributed by atoms with E-state index in [1.807, 2.05) is 23.1 Å². The van der Waals surface area contributed by atoms with Gasteiger partial charge in [0.05, 0.1) is 12.1 Å². The van der Waals surface area contributed by atoms with Crippen molar-refractivity contribution in [1.29, 1.82) is 0 Å². The summed E-state index contributed by atoms with van der Waals surface area (Å²) in [7, 11) is 0. The Kier molecular flexibility index (Phi) is 5.07. The van der Waals surface area contributed by atoms with E-state index in [4.69, 9.17) is 4.74 Å². The fraction of sp³-hybridized carbons (Fsp3) is 0.346. The van der Waals surface area contributed by atoms with Gasteiger partial charge in [-0.25, -0.2) is 0 Å². The van der Waals surface area contributed by atoms with Crippen LogP contribution in [-0.4, -0.2) is 30.0 Å². The smallest absolute Gasteiger partial charge is 0.220 e. The molecule has 1 aromatic rings. The third-order valence-electron chi connectivity index (χ3n) is 6.42. The van der Waals surface area contributed by atoms with Gasteiger partial charge in [0.2, 0.25) is 5.91 Å². The molecule has 30 heavy (non-hydrogen) atoms. The maximum absolute atomic E-state index is 12.4. The number of allylic oxidation sites excluding steroid dienone is 3. The Hall–Kier alpha value is -3.01. The summed E-state index contributed by atoms with van der Waals surface area (Å²) in [6.07, 6.45) is 15.1. The fourth-order valence-electron chi connectivity index (χ4n) is 4.94. The Labute approximate surface area is 179 Å². The van der Waals surface area contributed by atoms with E-state index in [-0.39, 0.29) is 19.4 Å². The van der Waals surface area contributed by atoms with Crippen molar-refractivity contribution >= 4 is 5.91 Å². The highest BCUT2D eigenvalue weighted by atomic mass is 16.5. The largest absolute Gasteiger partial charge is 0.489 e. The number of carbonyl (C=O) groups is 1. The number of ether oxygens (including phenoxy) is 1. The van der Waals surface area contributed by atoms with Crippen LogP contribution in [0.4, 0.5) is 0 Å². The number of hydrogen-bond acceptors (Lipinski definition) is 3. The molecule has 5 rings (SSSR count). The standard InChI is InChI=1S/C26H28N2O2.H2/c1-18(29)28-15-14-22-23-16-21(30-17-19-8-4-2-5-9-19)12-13-24(23)27-25(22)26(28)20-10-6-3-7-11-20;/h3-4,6-12,16,24,26-27H,2,5,13-15,17H2,1H3;1H. The van der Waals surface area contributed by atoms with Crippen LogP contribution in [0.5, 0.6) is 0 Å². The van der Waals surface area contributed by atoms with Gasteiger partial charge in [-0.15, -0.1) is 0 Å². The molecule has 4 aliphatic rings. The maximum Gasteiger partial charge on any atom is 0.220 e. The lowest BCUT2D eigenvalue weighted by Gasteiger charge is -2.36. The van der Waals surface area contributed by atoms with Crippen molar-refractivity contribution in [1.82, 2.24) is 10.2 Å². The van der Waals surface area contributed by atoms with Gasteiger partial charge in [0.25, 0.3) is 0 Å². The molecule has 0 aromatic heterocycles. The molecule has 1 N–H and O–H groups in total. The van der Waals surface area contributed by atoms with Crippen molar-refractivity contribution in [2.45, 2.75) is 44.7 Å². The first-order chi connectivity index (χ1) is 14.7. The Morgan fingerprint density at radius 2 is 2.10 bits per heavy atom. The summed E-state index contributed by atoms with van der Waals surface area (Å²) in [6.45, 7) is 3.04. The van der Waals surface area contributed by atoms with Gasteiger partial charge >= 0.3 is 0 Å². The molecule has 0 saturated carbocycles. The second-order valence-electron chi connectivity index (χ2n) is 8.35. The molecular formula is C26H30N2O2. The highest BCUT2D eigenvalue weighted by molar-refractivity contribution is 5.75. The lowest BCUT2D eigenvalue weighted by atomic mass is 9.88. The molecule has 2 unspecified atom stereocenters. The van der Waals surface area contributed by atoms with Crippen LogP contribution >= 0.6 is 0 Å². The van der Waals surface area contributed by atoms with Crippen molar-refractivity contribution in [3.8, 4) is 0 Å². The van der Waals surface area contributed by atoms with E-state index in [1.165, 1.54) is 22.4 Å². The summed E-state index contributed by atoms with van der Waals surface area (Å²) in [5.41, 5.74) is 6.29. The number of nitrogens with zero attached hydrogens (tertiary/aromatic N) is 1. The SMILES string of the molecule is CC(=O)N1CCC2=C(NC3CC=C(OCC4=CCCC=C4)C=C23)C1c1ccccc1.[HH]. The number of hydrogen-bond donors (Lipinski definition) is 1. The summed E-state index contributed by atoms with van der Waals surface area (Å²) >= 11 is 0. The van der Waals surface area contributed by atoms with Gasteiger partial charge in [-0.1, -0.05) is 48.6 Å². The van der Waals surface area contributed by atoms with Crippen LogP contribution in [0, 0.1) is 0 Å². The minimum atomic E-state index is -0.0409. The predicted molar refractivity (Wildman–Crippen MR) is 120 cm³/mol. The van der Waals surface area contributed by atoms with E-state index in [2.05, 4.69) is 47.8 Å². The first-order valence-corrected chi connectivity index (χ1v) is 10.9.